The molecule has 0 aromatic carbocycles. The first kappa shape index (κ1) is 37.2. The number of carbonyl (C=O) groups excluding carboxylic acids is 5. The molecule has 0 unspecified atom stereocenters. The smallest absolute Gasteiger partial charge is 0.341 e. The summed E-state index contributed by atoms with van der Waals surface area (Å²) in [5.41, 5.74) is -6.12. The van der Waals surface area contributed by atoms with Crippen molar-refractivity contribution in [3.05, 3.63) is 22.8 Å². The van der Waals surface area contributed by atoms with Crippen LogP contribution in [-0.4, -0.2) is 81.3 Å². The first-order chi connectivity index (χ1) is 21.5. The maximum Gasteiger partial charge on any atom is 0.341 e. The lowest BCUT2D eigenvalue weighted by atomic mass is 9.75. The fourth-order valence-corrected chi connectivity index (χ4v) is 6.90. The average Bonchev–Trinajstić information content (AvgIpc) is 3.30. The van der Waals surface area contributed by atoms with Crippen LogP contribution >= 0.6 is 0 Å². The zero-order chi connectivity index (χ0) is 34.6. The van der Waals surface area contributed by atoms with Gasteiger partial charge < -0.3 is 33.9 Å². The Hall–Kier alpha value is -3.25. The molecule has 12 nitrogen and oxygen atoms in total. The van der Waals surface area contributed by atoms with Crippen molar-refractivity contribution in [2.75, 3.05) is 0 Å². The number of carbonyl (C=O) groups is 5. The number of allylic oxidation sites excluding steroid dienone is 1. The molecule has 0 aromatic rings. The Kier molecular flexibility index (Phi) is 11.9. The monoisotopic (exact) mass is 650 g/mol. The fourth-order valence-electron chi connectivity index (χ4n) is 6.90. The molecule has 0 aromatic heterocycles. The Bertz CT molecular complexity index is 1260. The molecule has 258 valence electrons. The third-order valence-corrected chi connectivity index (χ3v) is 9.51. The number of unbranched alkanes of at least 4 members (excludes halogenated alkanes) is 4. The number of rotatable bonds is 13. The standard InChI is InChI=1S/C34H50O12/c1-9-12-13-14-15-17-24(37)43-28-26-25(20(5)27(28)44-30(38)19(4)11-3)29-34(41,33(8,40)31(39)45-29)22(42-23(36)16-10-2)18-32(26,7)46-21(6)35/h11,22,26-29,40-41H,9-10,12-18H2,1-8H3/b19-11+/t22-,26+,27+,28+,29-,32-,33+,34+/m1/s1. The third kappa shape index (κ3) is 7.02. The molecule has 0 bridgehead atoms. The van der Waals surface area contributed by atoms with Gasteiger partial charge in [0.25, 0.3) is 0 Å². The van der Waals surface area contributed by atoms with Crippen molar-refractivity contribution in [2.45, 2.75) is 154 Å². The number of ether oxygens (including phenoxy) is 5. The van der Waals surface area contributed by atoms with E-state index in [4.69, 9.17) is 23.7 Å². The molecule has 0 radical (unpaired) electrons. The molecule has 0 spiro atoms. The second kappa shape index (κ2) is 14.7. The fraction of sp³-hybridized carbons (Fsp3) is 0.735. The van der Waals surface area contributed by atoms with Gasteiger partial charge in [0.05, 0.1) is 5.92 Å². The van der Waals surface area contributed by atoms with Crippen LogP contribution in [-0.2, 0) is 47.7 Å². The van der Waals surface area contributed by atoms with E-state index >= 15 is 0 Å². The highest BCUT2D eigenvalue weighted by Gasteiger charge is 2.76. The predicted molar refractivity (Wildman–Crippen MR) is 164 cm³/mol. The maximum absolute atomic E-state index is 13.3. The van der Waals surface area contributed by atoms with Crippen LogP contribution in [0.5, 0.6) is 0 Å². The van der Waals surface area contributed by atoms with Crippen molar-refractivity contribution in [3.8, 4) is 0 Å². The van der Waals surface area contributed by atoms with Crippen molar-refractivity contribution >= 4 is 29.8 Å². The first-order valence-corrected chi connectivity index (χ1v) is 16.3. The van der Waals surface area contributed by atoms with Crippen LogP contribution in [0.25, 0.3) is 0 Å². The molecule has 12 heteroatoms. The summed E-state index contributed by atoms with van der Waals surface area (Å²) in [7, 11) is 0. The number of hydrogen-bond acceptors (Lipinski definition) is 12. The average molecular weight is 651 g/mol. The lowest BCUT2D eigenvalue weighted by Gasteiger charge is -2.41. The van der Waals surface area contributed by atoms with E-state index in [1.54, 1.807) is 33.8 Å². The van der Waals surface area contributed by atoms with Gasteiger partial charge in [-0.3, -0.25) is 14.4 Å². The molecule has 2 N–H and O–H groups in total. The van der Waals surface area contributed by atoms with Gasteiger partial charge in [-0.15, -0.1) is 0 Å². The second-order valence-electron chi connectivity index (χ2n) is 13.1. The Labute approximate surface area is 270 Å². The Balaban J connectivity index is 2.23. The molecule has 1 saturated heterocycles. The molecule has 1 aliphatic heterocycles. The van der Waals surface area contributed by atoms with Crippen LogP contribution in [0.1, 0.15) is 113 Å². The molecule has 3 rings (SSSR count). The van der Waals surface area contributed by atoms with Gasteiger partial charge >= 0.3 is 29.8 Å². The molecular weight excluding hydrogens is 600 g/mol. The van der Waals surface area contributed by atoms with E-state index in [0.717, 1.165) is 32.6 Å². The summed E-state index contributed by atoms with van der Waals surface area (Å²) in [5.74, 6) is -5.03. The zero-order valence-corrected chi connectivity index (χ0v) is 28.3. The van der Waals surface area contributed by atoms with Crippen molar-refractivity contribution in [1.29, 1.82) is 0 Å². The van der Waals surface area contributed by atoms with E-state index in [-0.39, 0.29) is 29.6 Å². The number of hydrogen-bond donors (Lipinski definition) is 2. The summed E-state index contributed by atoms with van der Waals surface area (Å²) >= 11 is 0. The summed E-state index contributed by atoms with van der Waals surface area (Å²) in [6, 6.07) is 0. The highest BCUT2D eigenvalue weighted by Crippen LogP contribution is 2.57. The number of aliphatic hydroxyl groups is 2. The minimum Gasteiger partial charge on any atom is -0.459 e. The van der Waals surface area contributed by atoms with Gasteiger partial charge in [-0.2, -0.15) is 0 Å². The summed E-state index contributed by atoms with van der Waals surface area (Å²) in [5, 5.41) is 23.9. The molecule has 2 fully saturated rings. The topological polar surface area (TPSA) is 172 Å². The van der Waals surface area contributed by atoms with Crippen molar-refractivity contribution in [3.63, 3.8) is 0 Å². The van der Waals surface area contributed by atoms with E-state index in [0.29, 0.717) is 12.8 Å². The van der Waals surface area contributed by atoms with Crippen LogP contribution in [0.4, 0.5) is 0 Å². The van der Waals surface area contributed by atoms with Crippen LogP contribution in [0.2, 0.25) is 0 Å². The molecule has 1 saturated carbocycles. The van der Waals surface area contributed by atoms with Crippen LogP contribution < -0.4 is 0 Å². The number of esters is 5. The maximum atomic E-state index is 13.3. The summed E-state index contributed by atoms with van der Waals surface area (Å²) < 4.78 is 29.3. The molecule has 0 amide bonds. The van der Waals surface area contributed by atoms with Crippen LogP contribution in [0.3, 0.4) is 0 Å². The van der Waals surface area contributed by atoms with Gasteiger partial charge in [0.1, 0.15) is 11.7 Å². The lowest BCUT2D eigenvalue weighted by Crippen LogP contribution is -2.64. The minimum atomic E-state index is -2.57. The molecule has 2 aliphatic carbocycles. The molecule has 1 heterocycles. The Morgan fingerprint density at radius 3 is 2.15 bits per heavy atom. The van der Waals surface area contributed by atoms with E-state index in [9.17, 15) is 34.2 Å². The molecule has 3 aliphatic rings. The van der Waals surface area contributed by atoms with E-state index in [1.165, 1.54) is 13.8 Å². The molecule has 8 atom stereocenters. The Morgan fingerprint density at radius 2 is 1.57 bits per heavy atom. The minimum absolute atomic E-state index is 0.0234. The quantitative estimate of drug-likeness (QED) is 0.0969. The molecular formula is C34H50O12. The van der Waals surface area contributed by atoms with Crippen LogP contribution in [0.15, 0.2) is 22.8 Å². The predicted octanol–water partition coefficient (Wildman–Crippen LogP) is 3.93. The molecule has 46 heavy (non-hydrogen) atoms. The van der Waals surface area contributed by atoms with Crippen molar-refractivity contribution < 1.29 is 57.9 Å². The first-order valence-electron chi connectivity index (χ1n) is 16.3. The lowest BCUT2D eigenvalue weighted by molar-refractivity contribution is -0.212. The van der Waals surface area contributed by atoms with E-state index in [1.807, 2.05) is 0 Å². The summed E-state index contributed by atoms with van der Waals surface area (Å²) in [6.07, 6.45) is 0.272. The summed E-state index contributed by atoms with van der Waals surface area (Å²) in [6.45, 7) is 12.4. The van der Waals surface area contributed by atoms with Crippen LogP contribution in [0, 0.1) is 5.92 Å². The zero-order valence-electron chi connectivity index (χ0n) is 28.3. The van der Waals surface area contributed by atoms with Gasteiger partial charge in [-0.1, -0.05) is 45.6 Å². The Morgan fingerprint density at radius 1 is 0.935 bits per heavy atom. The van der Waals surface area contributed by atoms with Gasteiger partial charge in [0.2, 0.25) is 0 Å². The summed E-state index contributed by atoms with van der Waals surface area (Å²) in [4.78, 5) is 65.1. The largest absolute Gasteiger partial charge is 0.459 e. The van der Waals surface area contributed by atoms with E-state index < -0.39 is 83.4 Å². The normalized spacial score (nSPS) is 33.8. The second-order valence-corrected chi connectivity index (χ2v) is 13.1. The SMILES string of the molecule is C/C=C(\C)C(=O)O[C@H]1C(C)=C2[C@H]3OC(=O)[C@](C)(O)[C@]3(O)[C@H](OC(=O)CCC)C[C@@](C)(OC(C)=O)[C@@H]2[C@@H]1OC(=O)CCCCCCC. The van der Waals surface area contributed by atoms with E-state index in [2.05, 4.69) is 6.92 Å². The van der Waals surface area contributed by atoms with Gasteiger partial charge in [-0.05, 0) is 58.6 Å². The van der Waals surface area contributed by atoms with Crippen molar-refractivity contribution in [1.82, 2.24) is 0 Å². The van der Waals surface area contributed by atoms with Crippen molar-refractivity contribution in [2.24, 2.45) is 5.92 Å². The third-order valence-electron chi connectivity index (χ3n) is 9.51. The van der Waals surface area contributed by atoms with Gasteiger partial charge in [0, 0.05) is 31.8 Å². The highest BCUT2D eigenvalue weighted by molar-refractivity contribution is 5.88. The van der Waals surface area contributed by atoms with Gasteiger partial charge in [0.15, 0.2) is 29.5 Å². The highest BCUT2D eigenvalue weighted by atomic mass is 16.6. The number of fused-ring (bicyclic) bond motifs is 3. The van der Waals surface area contributed by atoms with Gasteiger partial charge in [-0.25, -0.2) is 9.59 Å².